The van der Waals surface area contributed by atoms with Crippen molar-refractivity contribution in [3.05, 3.63) is 48.3 Å². The van der Waals surface area contributed by atoms with Crippen LogP contribution >= 0.6 is 0 Å². The van der Waals surface area contributed by atoms with Gasteiger partial charge in [0.1, 0.15) is 0 Å². The molecule has 0 saturated carbocycles. The highest BCUT2D eigenvalue weighted by Gasteiger charge is 2.29. The molecule has 3 N–H and O–H groups in total. The Labute approximate surface area is 157 Å². The van der Waals surface area contributed by atoms with Crippen LogP contribution in [-0.2, 0) is 11.0 Å². The summed E-state index contributed by atoms with van der Waals surface area (Å²) in [5.41, 5.74) is 4.03. The van der Waals surface area contributed by atoms with Crippen LogP contribution in [0.15, 0.2) is 42.6 Å². The molecule has 1 aromatic carbocycles. The van der Waals surface area contributed by atoms with E-state index in [1.54, 1.807) is 0 Å². The van der Waals surface area contributed by atoms with E-state index in [-0.39, 0.29) is 5.92 Å². The SMILES string of the molecule is CCC[C@@H](CC(C)(C)S(N)=O)c1cccc(-c2ccc3cn[nH]c3c2)n1. The molecule has 0 saturated heterocycles. The molecule has 0 fully saturated rings. The van der Waals surface area contributed by atoms with Gasteiger partial charge in [-0.15, -0.1) is 0 Å². The number of hydrogen-bond donors (Lipinski definition) is 2. The fourth-order valence-corrected chi connectivity index (χ4v) is 3.68. The minimum Gasteiger partial charge on any atom is -0.278 e. The van der Waals surface area contributed by atoms with Crippen molar-refractivity contribution in [2.24, 2.45) is 5.14 Å². The van der Waals surface area contributed by atoms with E-state index in [1.807, 2.05) is 38.2 Å². The van der Waals surface area contributed by atoms with E-state index in [4.69, 9.17) is 10.1 Å². The van der Waals surface area contributed by atoms with Crippen LogP contribution in [0.1, 0.15) is 51.6 Å². The molecule has 2 aromatic heterocycles. The monoisotopic (exact) mass is 370 g/mol. The van der Waals surface area contributed by atoms with E-state index >= 15 is 0 Å². The third-order valence-electron chi connectivity index (χ3n) is 4.85. The summed E-state index contributed by atoms with van der Waals surface area (Å²) in [4.78, 5) is 4.92. The van der Waals surface area contributed by atoms with Crippen molar-refractivity contribution >= 4 is 21.9 Å². The Balaban J connectivity index is 1.94. The molecule has 138 valence electrons. The number of nitrogens with zero attached hydrogens (tertiary/aromatic N) is 2. The summed E-state index contributed by atoms with van der Waals surface area (Å²) in [7, 11) is -1.37. The second-order valence-corrected chi connectivity index (χ2v) is 9.07. The number of aromatic amines is 1. The number of hydrogen-bond acceptors (Lipinski definition) is 3. The summed E-state index contributed by atoms with van der Waals surface area (Å²) in [5, 5.41) is 13.9. The van der Waals surface area contributed by atoms with E-state index in [1.165, 1.54) is 0 Å². The van der Waals surface area contributed by atoms with E-state index < -0.39 is 15.7 Å². The first-order valence-corrected chi connectivity index (χ1v) is 10.2. The van der Waals surface area contributed by atoms with Crippen LogP contribution in [0.4, 0.5) is 0 Å². The normalized spacial score (nSPS) is 14.5. The number of pyridine rings is 1. The summed E-state index contributed by atoms with van der Waals surface area (Å²) in [6.45, 7) is 6.08. The van der Waals surface area contributed by atoms with Gasteiger partial charge in [-0.2, -0.15) is 5.10 Å². The van der Waals surface area contributed by atoms with Gasteiger partial charge in [0.05, 0.1) is 33.1 Å². The quantitative estimate of drug-likeness (QED) is 0.650. The molecule has 26 heavy (non-hydrogen) atoms. The maximum absolute atomic E-state index is 11.9. The number of fused-ring (bicyclic) bond motifs is 1. The van der Waals surface area contributed by atoms with Crippen LogP contribution < -0.4 is 5.14 Å². The average Bonchev–Trinajstić information content (AvgIpc) is 3.09. The molecule has 0 bridgehead atoms. The van der Waals surface area contributed by atoms with Crippen LogP contribution in [0.5, 0.6) is 0 Å². The number of nitrogens with one attached hydrogen (secondary N) is 1. The Bertz CT molecular complexity index is 919. The van der Waals surface area contributed by atoms with Crippen molar-refractivity contribution in [3.63, 3.8) is 0 Å². The van der Waals surface area contributed by atoms with Crippen molar-refractivity contribution in [3.8, 4) is 11.3 Å². The molecule has 0 aliphatic rings. The molecule has 0 amide bonds. The van der Waals surface area contributed by atoms with Crippen molar-refractivity contribution in [1.82, 2.24) is 15.2 Å². The molecule has 0 aliphatic carbocycles. The Hall–Kier alpha value is -2.05. The summed E-state index contributed by atoms with van der Waals surface area (Å²) in [6.07, 6.45) is 4.61. The molecule has 5 nitrogen and oxygen atoms in total. The van der Waals surface area contributed by atoms with Crippen LogP contribution in [0.25, 0.3) is 22.2 Å². The lowest BCUT2D eigenvalue weighted by Crippen LogP contribution is -2.33. The summed E-state index contributed by atoms with van der Waals surface area (Å²) >= 11 is 0. The topological polar surface area (TPSA) is 84.7 Å². The second-order valence-electron chi connectivity index (χ2n) is 7.37. The fraction of sp³-hybridized carbons (Fsp3) is 0.400. The molecule has 0 spiro atoms. The zero-order valence-corrected chi connectivity index (χ0v) is 16.3. The summed E-state index contributed by atoms with van der Waals surface area (Å²) < 4.78 is 11.4. The van der Waals surface area contributed by atoms with E-state index in [2.05, 4.69) is 35.3 Å². The molecule has 2 heterocycles. The molecule has 3 aromatic rings. The van der Waals surface area contributed by atoms with Crippen LogP contribution in [0, 0.1) is 0 Å². The maximum atomic E-state index is 11.9. The van der Waals surface area contributed by atoms with Gasteiger partial charge in [-0.25, -0.2) is 4.21 Å². The highest BCUT2D eigenvalue weighted by molar-refractivity contribution is 7.84. The number of aromatic nitrogens is 3. The lowest BCUT2D eigenvalue weighted by molar-refractivity contribution is 0.482. The fourth-order valence-electron chi connectivity index (χ4n) is 3.31. The highest BCUT2D eigenvalue weighted by Crippen LogP contribution is 2.32. The molecule has 1 unspecified atom stereocenters. The molecule has 2 atom stereocenters. The molecule has 0 aliphatic heterocycles. The zero-order chi connectivity index (χ0) is 18.7. The standard InChI is InChI=1S/C20H26N4OS/c1-4-6-15(12-20(2,3)26(21)25)18-8-5-7-17(23-18)14-9-10-16-13-22-24-19(16)11-14/h5,7-11,13,15H,4,6,12,21H2,1-3H3,(H,22,24)/t15-,26?/m0/s1. The van der Waals surface area contributed by atoms with Crippen molar-refractivity contribution in [2.75, 3.05) is 0 Å². The van der Waals surface area contributed by atoms with Crippen molar-refractivity contribution < 1.29 is 4.21 Å². The van der Waals surface area contributed by atoms with Gasteiger partial charge in [0.15, 0.2) is 0 Å². The Morgan fingerprint density at radius 2 is 2.08 bits per heavy atom. The first-order valence-electron chi connectivity index (χ1n) is 8.97. The predicted octanol–water partition coefficient (Wildman–Crippen LogP) is 4.30. The van der Waals surface area contributed by atoms with Crippen molar-refractivity contribution in [1.29, 1.82) is 0 Å². The minimum atomic E-state index is -1.37. The highest BCUT2D eigenvalue weighted by atomic mass is 32.2. The number of rotatable bonds is 7. The number of nitrogens with two attached hydrogens (primary N) is 1. The molecule has 3 rings (SSSR count). The van der Waals surface area contributed by atoms with Crippen molar-refractivity contribution in [2.45, 2.75) is 50.7 Å². The van der Waals surface area contributed by atoms with Gasteiger partial charge in [0.2, 0.25) is 0 Å². The van der Waals surface area contributed by atoms with Gasteiger partial charge < -0.3 is 0 Å². The lowest BCUT2D eigenvalue weighted by atomic mass is 9.89. The lowest BCUT2D eigenvalue weighted by Gasteiger charge is -2.27. The summed E-state index contributed by atoms with van der Waals surface area (Å²) in [6, 6.07) is 12.3. The largest absolute Gasteiger partial charge is 0.278 e. The van der Waals surface area contributed by atoms with E-state index in [0.29, 0.717) is 0 Å². The number of H-pyrrole nitrogens is 1. The third kappa shape index (κ3) is 4.02. The van der Waals surface area contributed by atoms with Crippen LogP contribution in [-0.4, -0.2) is 24.1 Å². The Morgan fingerprint density at radius 3 is 2.81 bits per heavy atom. The van der Waals surface area contributed by atoms with Gasteiger partial charge in [-0.1, -0.05) is 31.5 Å². The van der Waals surface area contributed by atoms with Crippen LogP contribution in [0.2, 0.25) is 0 Å². The Morgan fingerprint density at radius 1 is 1.27 bits per heavy atom. The van der Waals surface area contributed by atoms with Gasteiger partial charge in [-0.3, -0.25) is 15.2 Å². The van der Waals surface area contributed by atoms with E-state index in [0.717, 1.165) is 47.1 Å². The maximum Gasteiger partial charge on any atom is 0.0945 e. The first kappa shape index (κ1) is 18.7. The molecular weight excluding hydrogens is 344 g/mol. The second kappa shape index (κ2) is 7.68. The van der Waals surface area contributed by atoms with Gasteiger partial charge in [-0.05, 0) is 44.9 Å². The van der Waals surface area contributed by atoms with E-state index in [9.17, 15) is 4.21 Å². The Kier molecular flexibility index (Phi) is 5.53. The third-order valence-corrected chi connectivity index (χ3v) is 6.10. The van der Waals surface area contributed by atoms with Gasteiger partial charge in [0, 0.05) is 22.6 Å². The molecular formula is C20H26N4OS. The smallest absolute Gasteiger partial charge is 0.0945 e. The molecule has 6 heteroatoms. The number of benzene rings is 1. The van der Waals surface area contributed by atoms with Gasteiger partial charge in [0.25, 0.3) is 0 Å². The zero-order valence-electron chi connectivity index (χ0n) is 15.5. The molecule has 0 radical (unpaired) electrons. The first-order chi connectivity index (χ1) is 12.4. The van der Waals surface area contributed by atoms with Crippen LogP contribution in [0.3, 0.4) is 0 Å². The summed E-state index contributed by atoms with van der Waals surface area (Å²) in [5.74, 6) is 0.235. The average molecular weight is 371 g/mol. The predicted molar refractivity (Wildman–Crippen MR) is 108 cm³/mol. The minimum absolute atomic E-state index is 0.235. The van der Waals surface area contributed by atoms with Gasteiger partial charge >= 0.3 is 0 Å².